The van der Waals surface area contributed by atoms with E-state index in [9.17, 15) is 33.2 Å². The number of benzene rings is 3. The van der Waals surface area contributed by atoms with E-state index < -0.39 is 64.3 Å². The number of halogens is 1. The Labute approximate surface area is 261 Å². The van der Waals surface area contributed by atoms with Crippen molar-refractivity contribution in [2.24, 2.45) is 17.1 Å². The Kier molecular flexibility index (Phi) is 12.0. The highest BCUT2D eigenvalue weighted by Gasteiger charge is 2.34. The molecule has 236 valence electrons. The highest BCUT2D eigenvalue weighted by molar-refractivity contribution is 6.38. The van der Waals surface area contributed by atoms with Gasteiger partial charge in [0.1, 0.15) is 5.82 Å². The maximum absolute atomic E-state index is 13.7. The SMILES string of the molecule is CC(NC(=O)[C@@H](CC(=O)c1cccc(F)c1)Cc1ccccc1)C(=O)C(=O)N[C@@H](Cc1ccccc1)C(=O)CC(C)(C)C(N)=O. The van der Waals surface area contributed by atoms with Crippen molar-refractivity contribution in [1.82, 2.24) is 10.6 Å². The van der Waals surface area contributed by atoms with E-state index >= 15 is 0 Å². The van der Waals surface area contributed by atoms with Crippen LogP contribution in [0.25, 0.3) is 0 Å². The largest absolute Gasteiger partial charge is 0.369 e. The minimum absolute atomic E-state index is 0.0651. The van der Waals surface area contributed by atoms with Gasteiger partial charge in [-0.05, 0) is 43.0 Å². The van der Waals surface area contributed by atoms with E-state index in [1.807, 2.05) is 0 Å². The van der Waals surface area contributed by atoms with Gasteiger partial charge in [-0.1, -0.05) is 86.6 Å². The third-order valence-electron chi connectivity index (χ3n) is 7.51. The molecule has 3 rings (SSSR count). The van der Waals surface area contributed by atoms with Crippen LogP contribution in [-0.2, 0) is 36.8 Å². The standard InChI is InChI=1S/C35H38FN3O6/c1-22(31(42)33(44)39-28(18-24-13-8-5-9-14-24)30(41)21-35(2,3)34(37)45)38-32(43)26(17-23-11-6-4-7-12-23)20-29(40)25-15-10-16-27(36)19-25/h4-16,19,22,26,28H,17-18,20-21H2,1-3H3,(H2,37,45)(H,38,43)(H,39,44)/t22?,26-,28+/m1/s1. The van der Waals surface area contributed by atoms with Crippen molar-refractivity contribution in [3.8, 4) is 0 Å². The molecule has 4 N–H and O–H groups in total. The fourth-order valence-electron chi connectivity index (χ4n) is 4.72. The summed E-state index contributed by atoms with van der Waals surface area (Å²) in [5.74, 6) is -5.88. The molecule has 3 aromatic rings. The Morgan fingerprint density at radius 3 is 1.93 bits per heavy atom. The number of nitrogens with two attached hydrogens (primary N) is 1. The van der Waals surface area contributed by atoms with Gasteiger partial charge in [0, 0.05) is 24.3 Å². The molecule has 0 aliphatic heterocycles. The Bertz CT molecular complexity index is 1540. The maximum atomic E-state index is 13.7. The summed E-state index contributed by atoms with van der Waals surface area (Å²) >= 11 is 0. The van der Waals surface area contributed by atoms with E-state index in [-0.39, 0.29) is 31.2 Å². The lowest BCUT2D eigenvalue weighted by molar-refractivity contribution is -0.141. The normalized spacial score (nSPS) is 13.2. The number of hydrogen-bond donors (Lipinski definition) is 3. The van der Waals surface area contributed by atoms with E-state index in [1.54, 1.807) is 60.7 Å². The first-order chi connectivity index (χ1) is 21.3. The van der Waals surface area contributed by atoms with Gasteiger partial charge < -0.3 is 16.4 Å². The molecule has 45 heavy (non-hydrogen) atoms. The van der Waals surface area contributed by atoms with Gasteiger partial charge in [0.15, 0.2) is 11.6 Å². The number of amides is 3. The number of hydrogen-bond acceptors (Lipinski definition) is 6. The van der Waals surface area contributed by atoms with Crippen LogP contribution in [0.1, 0.15) is 55.1 Å². The average Bonchev–Trinajstić information content (AvgIpc) is 3.00. The number of rotatable bonds is 16. The lowest BCUT2D eigenvalue weighted by Gasteiger charge is -2.24. The van der Waals surface area contributed by atoms with Crippen LogP contribution in [0.15, 0.2) is 84.9 Å². The molecule has 9 nitrogen and oxygen atoms in total. The molecular formula is C35H38FN3O6. The van der Waals surface area contributed by atoms with E-state index in [2.05, 4.69) is 10.6 Å². The highest BCUT2D eigenvalue weighted by Crippen LogP contribution is 2.22. The van der Waals surface area contributed by atoms with Crippen LogP contribution < -0.4 is 16.4 Å². The Morgan fingerprint density at radius 2 is 1.38 bits per heavy atom. The van der Waals surface area contributed by atoms with Crippen molar-refractivity contribution >= 4 is 35.1 Å². The second-order valence-electron chi connectivity index (χ2n) is 11.7. The van der Waals surface area contributed by atoms with Gasteiger partial charge in [0.2, 0.25) is 17.6 Å². The van der Waals surface area contributed by atoms with Gasteiger partial charge >= 0.3 is 0 Å². The summed E-state index contributed by atoms with van der Waals surface area (Å²) in [6.07, 6.45) is -0.304. The minimum atomic E-state index is -1.30. The molecule has 3 aromatic carbocycles. The molecular weight excluding hydrogens is 577 g/mol. The Balaban J connectivity index is 1.74. The first-order valence-electron chi connectivity index (χ1n) is 14.6. The zero-order valence-electron chi connectivity index (χ0n) is 25.5. The van der Waals surface area contributed by atoms with Gasteiger partial charge in [-0.15, -0.1) is 0 Å². The van der Waals surface area contributed by atoms with Gasteiger partial charge in [0.05, 0.1) is 17.5 Å². The first-order valence-corrected chi connectivity index (χ1v) is 14.6. The van der Waals surface area contributed by atoms with Crippen LogP contribution in [0.4, 0.5) is 4.39 Å². The van der Waals surface area contributed by atoms with Crippen molar-refractivity contribution in [1.29, 1.82) is 0 Å². The van der Waals surface area contributed by atoms with Crippen LogP contribution in [0.2, 0.25) is 0 Å². The number of Topliss-reactive ketones (excluding diaryl/α,β-unsaturated/α-hetero) is 3. The number of nitrogens with one attached hydrogen (secondary N) is 2. The zero-order chi connectivity index (χ0) is 33.1. The second kappa shape index (κ2) is 15.7. The monoisotopic (exact) mass is 615 g/mol. The lowest BCUT2D eigenvalue weighted by atomic mass is 9.84. The van der Waals surface area contributed by atoms with Gasteiger partial charge in [-0.3, -0.25) is 28.8 Å². The van der Waals surface area contributed by atoms with Gasteiger partial charge in [0.25, 0.3) is 5.91 Å². The smallest absolute Gasteiger partial charge is 0.290 e. The van der Waals surface area contributed by atoms with Crippen molar-refractivity contribution in [3.63, 3.8) is 0 Å². The maximum Gasteiger partial charge on any atom is 0.290 e. The summed E-state index contributed by atoms with van der Waals surface area (Å²) in [7, 11) is 0. The molecule has 0 bridgehead atoms. The molecule has 0 spiro atoms. The fourth-order valence-corrected chi connectivity index (χ4v) is 4.72. The summed E-state index contributed by atoms with van der Waals surface area (Å²) in [6.45, 7) is 4.36. The molecule has 0 aliphatic carbocycles. The van der Waals surface area contributed by atoms with Gasteiger partial charge in [-0.25, -0.2) is 4.39 Å². The predicted octanol–water partition coefficient (Wildman–Crippen LogP) is 3.53. The van der Waals surface area contributed by atoms with Crippen molar-refractivity contribution < 1.29 is 33.2 Å². The molecule has 3 atom stereocenters. The second-order valence-corrected chi connectivity index (χ2v) is 11.7. The molecule has 0 fully saturated rings. The first kappa shape index (κ1) is 34.5. The topological polar surface area (TPSA) is 152 Å². The number of carbonyl (C=O) groups excluding carboxylic acids is 6. The van der Waals surface area contributed by atoms with Crippen molar-refractivity contribution in [2.45, 2.75) is 58.5 Å². The van der Waals surface area contributed by atoms with Crippen LogP contribution >= 0.6 is 0 Å². The highest BCUT2D eigenvalue weighted by atomic mass is 19.1. The van der Waals surface area contributed by atoms with E-state index in [4.69, 9.17) is 5.73 Å². The molecule has 0 heterocycles. The Hall–Kier alpha value is -4.99. The van der Waals surface area contributed by atoms with Crippen molar-refractivity contribution in [3.05, 3.63) is 107 Å². The number of carbonyl (C=O) groups is 6. The van der Waals surface area contributed by atoms with Crippen molar-refractivity contribution in [2.75, 3.05) is 0 Å². The molecule has 0 aromatic heterocycles. The molecule has 0 saturated heterocycles. The van der Waals surface area contributed by atoms with E-state index in [0.717, 1.165) is 11.6 Å². The van der Waals surface area contributed by atoms with Crippen LogP contribution in [-0.4, -0.2) is 47.2 Å². The molecule has 10 heteroatoms. The number of ketones is 3. The average molecular weight is 616 g/mol. The van der Waals surface area contributed by atoms with E-state index in [1.165, 1.54) is 39.0 Å². The quantitative estimate of drug-likeness (QED) is 0.166. The third-order valence-corrected chi connectivity index (χ3v) is 7.51. The fraction of sp³-hybridized carbons (Fsp3) is 0.314. The summed E-state index contributed by atoms with van der Waals surface area (Å²) in [5.41, 5.74) is 5.85. The van der Waals surface area contributed by atoms with Gasteiger partial charge in [-0.2, -0.15) is 0 Å². The molecule has 0 radical (unpaired) electrons. The minimum Gasteiger partial charge on any atom is -0.369 e. The number of primary amides is 1. The van der Waals surface area contributed by atoms with Crippen LogP contribution in [0, 0.1) is 17.2 Å². The van der Waals surface area contributed by atoms with E-state index in [0.29, 0.717) is 5.56 Å². The molecule has 3 amide bonds. The summed E-state index contributed by atoms with van der Waals surface area (Å²) in [4.78, 5) is 77.6. The lowest BCUT2D eigenvalue weighted by Crippen LogP contribution is -2.52. The summed E-state index contributed by atoms with van der Waals surface area (Å²) < 4.78 is 13.7. The van der Waals surface area contributed by atoms with Crippen LogP contribution in [0.3, 0.4) is 0 Å². The summed E-state index contributed by atoms with van der Waals surface area (Å²) in [6, 6.07) is 20.5. The molecule has 0 aliphatic rings. The van der Waals surface area contributed by atoms with Crippen LogP contribution in [0.5, 0.6) is 0 Å². The Morgan fingerprint density at radius 1 is 0.800 bits per heavy atom. The molecule has 0 saturated carbocycles. The zero-order valence-corrected chi connectivity index (χ0v) is 25.5. The molecule has 1 unspecified atom stereocenters. The predicted molar refractivity (Wildman–Crippen MR) is 166 cm³/mol. The third kappa shape index (κ3) is 10.3. The summed E-state index contributed by atoms with van der Waals surface area (Å²) in [5, 5.41) is 5.01.